The minimum atomic E-state index is -0.510. The molecular formula is C17H15N3O3S. The van der Waals surface area contributed by atoms with E-state index in [1.807, 2.05) is 0 Å². The van der Waals surface area contributed by atoms with Crippen LogP contribution in [0.3, 0.4) is 0 Å². The number of primary amides is 1. The zero-order chi connectivity index (χ0) is 17.1. The fraction of sp³-hybridized carbons (Fsp3) is 0.118. The largest absolute Gasteiger partial charge is 0.462 e. The molecule has 0 saturated heterocycles. The number of hydrogen-bond acceptors (Lipinski definition) is 6. The summed E-state index contributed by atoms with van der Waals surface area (Å²) in [7, 11) is 0. The molecule has 0 radical (unpaired) electrons. The molecule has 1 aromatic heterocycles. The van der Waals surface area contributed by atoms with Crippen molar-refractivity contribution in [1.29, 1.82) is 0 Å². The quantitative estimate of drug-likeness (QED) is 0.694. The van der Waals surface area contributed by atoms with Crippen LogP contribution < -0.4 is 11.1 Å². The molecule has 24 heavy (non-hydrogen) atoms. The summed E-state index contributed by atoms with van der Waals surface area (Å²) in [5.74, 6) is -0.870. The Hall–Kier alpha value is -2.93. The van der Waals surface area contributed by atoms with Crippen molar-refractivity contribution in [1.82, 2.24) is 4.98 Å². The number of nitrogens with two attached hydrogens (primary N) is 1. The lowest BCUT2D eigenvalue weighted by molar-refractivity contribution is 0.0526. The highest BCUT2D eigenvalue weighted by Crippen LogP contribution is 2.30. The molecule has 3 rings (SSSR count). The van der Waals surface area contributed by atoms with E-state index < -0.39 is 5.91 Å². The van der Waals surface area contributed by atoms with Gasteiger partial charge in [-0.25, -0.2) is 9.78 Å². The number of hydrogen-bond donors (Lipinski definition) is 2. The van der Waals surface area contributed by atoms with Crippen molar-refractivity contribution in [3.63, 3.8) is 0 Å². The van der Waals surface area contributed by atoms with Gasteiger partial charge in [0.1, 0.15) is 0 Å². The maximum absolute atomic E-state index is 11.8. The second kappa shape index (κ2) is 6.67. The average molecular weight is 341 g/mol. The van der Waals surface area contributed by atoms with Gasteiger partial charge in [0.05, 0.1) is 33.6 Å². The van der Waals surface area contributed by atoms with Gasteiger partial charge in [-0.2, -0.15) is 0 Å². The molecule has 122 valence electrons. The van der Waals surface area contributed by atoms with E-state index in [4.69, 9.17) is 10.5 Å². The van der Waals surface area contributed by atoms with E-state index in [0.29, 0.717) is 28.6 Å². The number of esters is 1. The third kappa shape index (κ3) is 3.21. The summed E-state index contributed by atoms with van der Waals surface area (Å²) in [5.41, 5.74) is 7.60. The van der Waals surface area contributed by atoms with E-state index in [0.717, 1.165) is 10.2 Å². The van der Waals surface area contributed by atoms with Crippen LogP contribution in [-0.4, -0.2) is 23.5 Å². The molecule has 1 heterocycles. The molecule has 7 heteroatoms. The fourth-order valence-electron chi connectivity index (χ4n) is 2.24. The third-order valence-corrected chi connectivity index (χ3v) is 4.27. The van der Waals surface area contributed by atoms with Crippen molar-refractivity contribution in [3.8, 4) is 0 Å². The number of benzene rings is 2. The number of thiazole rings is 1. The second-order valence-corrected chi connectivity index (χ2v) is 5.99. The number of para-hydroxylation sites is 1. The van der Waals surface area contributed by atoms with E-state index in [-0.39, 0.29) is 5.97 Å². The topological polar surface area (TPSA) is 94.3 Å². The van der Waals surface area contributed by atoms with Crippen LogP contribution in [0.5, 0.6) is 0 Å². The number of anilines is 2. The number of aromatic nitrogens is 1. The standard InChI is InChI=1S/C17H15N3O3S/c1-2-23-16(22)10-7-8-13-14(9-10)24-17(20-13)19-12-6-4-3-5-11(12)15(18)21/h3-9H,2H2,1H3,(H2,18,21)(H,19,20). The highest BCUT2D eigenvalue weighted by molar-refractivity contribution is 7.22. The summed E-state index contributed by atoms with van der Waals surface area (Å²) in [6.45, 7) is 2.09. The van der Waals surface area contributed by atoms with E-state index in [1.165, 1.54) is 11.3 Å². The molecule has 0 aliphatic heterocycles. The van der Waals surface area contributed by atoms with E-state index in [1.54, 1.807) is 49.4 Å². The summed E-state index contributed by atoms with van der Waals surface area (Å²) in [6.07, 6.45) is 0. The SMILES string of the molecule is CCOC(=O)c1ccc2nc(Nc3ccccc3C(N)=O)sc2c1. The normalized spacial score (nSPS) is 10.5. The first-order chi connectivity index (χ1) is 11.6. The summed E-state index contributed by atoms with van der Waals surface area (Å²) >= 11 is 1.38. The lowest BCUT2D eigenvalue weighted by Crippen LogP contribution is -2.12. The molecule has 2 aromatic carbocycles. The Morgan fingerprint density at radius 2 is 2.04 bits per heavy atom. The minimum Gasteiger partial charge on any atom is -0.462 e. The van der Waals surface area contributed by atoms with Gasteiger partial charge in [-0.15, -0.1) is 0 Å². The minimum absolute atomic E-state index is 0.330. The smallest absolute Gasteiger partial charge is 0.338 e. The maximum Gasteiger partial charge on any atom is 0.338 e. The van der Waals surface area contributed by atoms with Gasteiger partial charge in [-0.3, -0.25) is 4.79 Å². The molecule has 0 saturated carbocycles. The molecule has 1 amide bonds. The van der Waals surface area contributed by atoms with Gasteiger partial charge >= 0.3 is 5.97 Å². The first-order valence-corrected chi connectivity index (χ1v) is 8.13. The molecule has 3 N–H and O–H groups in total. The lowest BCUT2D eigenvalue weighted by Gasteiger charge is -2.06. The zero-order valence-corrected chi connectivity index (χ0v) is 13.7. The molecule has 0 bridgehead atoms. The van der Waals surface area contributed by atoms with Crippen molar-refractivity contribution in [2.75, 3.05) is 11.9 Å². The molecule has 0 aliphatic rings. The maximum atomic E-state index is 11.8. The summed E-state index contributed by atoms with van der Waals surface area (Å²) in [5, 5.41) is 3.72. The molecule has 3 aromatic rings. The lowest BCUT2D eigenvalue weighted by atomic mass is 10.2. The van der Waals surface area contributed by atoms with E-state index in [9.17, 15) is 9.59 Å². The fourth-order valence-corrected chi connectivity index (χ4v) is 3.16. The molecule has 0 aliphatic carbocycles. The summed E-state index contributed by atoms with van der Waals surface area (Å²) in [6, 6.07) is 12.2. The van der Waals surface area contributed by atoms with Crippen molar-refractivity contribution >= 4 is 44.2 Å². The number of carbonyl (C=O) groups excluding carboxylic acids is 2. The summed E-state index contributed by atoms with van der Waals surface area (Å²) < 4.78 is 5.85. The number of nitrogens with one attached hydrogen (secondary N) is 1. The Morgan fingerprint density at radius 3 is 2.79 bits per heavy atom. The highest BCUT2D eigenvalue weighted by Gasteiger charge is 2.12. The summed E-state index contributed by atoms with van der Waals surface area (Å²) in [4.78, 5) is 27.7. The predicted molar refractivity (Wildman–Crippen MR) is 93.8 cm³/mol. The van der Waals surface area contributed by atoms with Gasteiger partial charge in [0.2, 0.25) is 0 Å². The Bertz CT molecular complexity index is 920. The van der Waals surface area contributed by atoms with Crippen molar-refractivity contribution < 1.29 is 14.3 Å². The van der Waals surface area contributed by atoms with Gasteiger partial charge in [-0.05, 0) is 37.3 Å². The Balaban J connectivity index is 1.92. The molecule has 0 spiro atoms. The van der Waals surface area contributed by atoms with Crippen LogP contribution in [0.15, 0.2) is 42.5 Å². The van der Waals surface area contributed by atoms with Gasteiger partial charge < -0.3 is 15.8 Å². The third-order valence-electron chi connectivity index (χ3n) is 3.33. The molecular weight excluding hydrogens is 326 g/mol. The van der Waals surface area contributed by atoms with Crippen LogP contribution in [0, 0.1) is 0 Å². The first-order valence-electron chi connectivity index (χ1n) is 7.32. The van der Waals surface area contributed by atoms with Gasteiger partial charge in [0.15, 0.2) is 5.13 Å². The van der Waals surface area contributed by atoms with Crippen LogP contribution in [0.25, 0.3) is 10.2 Å². The highest BCUT2D eigenvalue weighted by atomic mass is 32.1. The van der Waals surface area contributed by atoms with Crippen molar-refractivity contribution in [2.45, 2.75) is 6.92 Å². The molecule has 6 nitrogen and oxygen atoms in total. The number of rotatable bonds is 5. The van der Waals surface area contributed by atoms with Crippen molar-refractivity contribution in [2.24, 2.45) is 5.73 Å². The van der Waals surface area contributed by atoms with Crippen LogP contribution in [0.1, 0.15) is 27.6 Å². The molecule has 0 atom stereocenters. The van der Waals surface area contributed by atoms with Crippen molar-refractivity contribution in [3.05, 3.63) is 53.6 Å². The van der Waals surface area contributed by atoms with Crippen LogP contribution in [0.2, 0.25) is 0 Å². The van der Waals surface area contributed by atoms with E-state index in [2.05, 4.69) is 10.3 Å². The zero-order valence-electron chi connectivity index (χ0n) is 12.9. The molecule has 0 unspecified atom stereocenters. The number of nitrogens with zero attached hydrogens (tertiary/aromatic N) is 1. The average Bonchev–Trinajstić information content (AvgIpc) is 2.96. The van der Waals surface area contributed by atoms with Crippen LogP contribution in [0.4, 0.5) is 10.8 Å². The van der Waals surface area contributed by atoms with Crippen LogP contribution in [-0.2, 0) is 4.74 Å². The number of amides is 1. The monoisotopic (exact) mass is 341 g/mol. The Kier molecular flexibility index (Phi) is 4.43. The first kappa shape index (κ1) is 15.9. The van der Waals surface area contributed by atoms with Gasteiger partial charge in [-0.1, -0.05) is 23.5 Å². The number of carbonyl (C=O) groups is 2. The Labute approximate surface area is 142 Å². The molecule has 0 fully saturated rings. The Morgan fingerprint density at radius 1 is 1.25 bits per heavy atom. The predicted octanol–water partition coefficient (Wildman–Crippen LogP) is 3.32. The van der Waals surface area contributed by atoms with Gasteiger partial charge in [0.25, 0.3) is 5.91 Å². The van der Waals surface area contributed by atoms with Crippen LogP contribution >= 0.6 is 11.3 Å². The second-order valence-electron chi connectivity index (χ2n) is 4.96. The van der Waals surface area contributed by atoms with E-state index >= 15 is 0 Å². The number of fused-ring (bicyclic) bond motifs is 1. The number of ether oxygens (including phenoxy) is 1. The van der Waals surface area contributed by atoms with Gasteiger partial charge in [0, 0.05) is 0 Å².